The lowest BCUT2D eigenvalue weighted by molar-refractivity contribution is 0.0949. The molecular weight excluding hydrogens is 365 g/mol. The van der Waals surface area contributed by atoms with Crippen molar-refractivity contribution < 1.29 is 4.79 Å². The number of rotatable bonds is 6. The number of thiazole rings is 1. The van der Waals surface area contributed by atoms with Crippen molar-refractivity contribution >= 4 is 52.9 Å². The van der Waals surface area contributed by atoms with E-state index in [1.807, 2.05) is 0 Å². The Bertz CT molecular complexity index is 613. The summed E-state index contributed by atoms with van der Waals surface area (Å²) in [6.45, 7) is 0.978. The smallest absolute Gasteiger partial charge is 0.270 e. The van der Waals surface area contributed by atoms with Crippen molar-refractivity contribution in [1.82, 2.24) is 10.3 Å². The van der Waals surface area contributed by atoms with Crippen LogP contribution in [-0.2, 0) is 12.8 Å². The van der Waals surface area contributed by atoms with Crippen molar-refractivity contribution in [3.63, 3.8) is 0 Å². The summed E-state index contributed by atoms with van der Waals surface area (Å²) in [6.07, 6.45) is 1.26. The Hall–Kier alpha value is -0.850. The van der Waals surface area contributed by atoms with Crippen LogP contribution in [0, 0.1) is 0 Å². The highest BCUT2D eigenvalue weighted by Crippen LogP contribution is 2.24. The van der Waals surface area contributed by atoms with Crippen molar-refractivity contribution in [3.05, 3.63) is 49.9 Å². The van der Waals surface area contributed by atoms with Crippen LogP contribution < -0.4 is 11.1 Å². The molecule has 0 atom stereocenters. The molecule has 0 aliphatic rings. The van der Waals surface area contributed by atoms with Crippen LogP contribution in [0.25, 0.3) is 0 Å². The molecule has 0 saturated heterocycles. The van der Waals surface area contributed by atoms with Crippen LogP contribution in [-0.4, -0.2) is 24.0 Å². The minimum absolute atomic E-state index is 0. The second kappa shape index (κ2) is 9.33. The van der Waals surface area contributed by atoms with Gasteiger partial charge in [-0.05, 0) is 30.7 Å². The molecule has 0 bridgehead atoms. The molecule has 1 aromatic carbocycles. The number of hydrogen-bond acceptors (Lipinski definition) is 4. The SMILES string of the molecule is Cl.NCCc1nc(C(=O)NCCc2c(Cl)cccc2Cl)cs1. The maximum absolute atomic E-state index is 12.0. The lowest BCUT2D eigenvalue weighted by Crippen LogP contribution is -2.26. The molecule has 1 amide bonds. The van der Waals surface area contributed by atoms with Crippen LogP contribution in [0.3, 0.4) is 0 Å². The summed E-state index contributed by atoms with van der Waals surface area (Å²) >= 11 is 13.6. The lowest BCUT2D eigenvalue weighted by atomic mass is 10.1. The predicted octanol–water partition coefficient (Wildman–Crippen LogP) is 3.35. The van der Waals surface area contributed by atoms with E-state index in [-0.39, 0.29) is 18.3 Å². The van der Waals surface area contributed by atoms with Gasteiger partial charge in [-0.2, -0.15) is 0 Å². The number of benzene rings is 1. The molecule has 0 aliphatic carbocycles. The lowest BCUT2D eigenvalue weighted by Gasteiger charge is -2.07. The highest BCUT2D eigenvalue weighted by Gasteiger charge is 2.11. The molecule has 1 heterocycles. The Labute approximate surface area is 149 Å². The van der Waals surface area contributed by atoms with E-state index in [0.717, 1.165) is 10.6 Å². The third-order valence-corrected chi connectivity index (χ3v) is 4.48. The summed E-state index contributed by atoms with van der Waals surface area (Å²) in [5.74, 6) is -0.197. The monoisotopic (exact) mass is 379 g/mol. The van der Waals surface area contributed by atoms with E-state index >= 15 is 0 Å². The van der Waals surface area contributed by atoms with Crippen LogP contribution in [0.4, 0.5) is 0 Å². The number of hydrogen-bond donors (Lipinski definition) is 2. The van der Waals surface area contributed by atoms with Gasteiger partial charge in [0.1, 0.15) is 5.69 Å². The highest BCUT2D eigenvalue weighted by atomic mass is 35.5. The molecule has 0 spiro atoms. The van der Waals surface area contributed by atoms with Gasteiger partial charge in [0, 0.05) is 28.4 Å². The number of carbonyl (C=O) groups excluding carboxylic acids is 1. The van der Waals surface area contributed by atoms with Gasteiger partial charge in [0.05, 0.1) is 5.01 Å². The van der Waals surface area contributed by atoms with Gasteiger partial charge in [-0.15, -0.1) is 23.7 Å². The molecule has 0 saturated carbocycles. The minimum atomic E-state index is -0.197. The van der Waals surface area contributed by atoms with Gasteiger partial charge in [0.25, 0.3) is 5.91 Å². The van der Waals surface area contributed by atoms with Crippen molar-refractivity contribution in [2.24, 2.45) is 5.73 Å². The van der Waals surface area contributed by atoms with E-state index in [1.165, 1.54) is 11.3 Å². The second-order valence-corrected chi connectivity index (χ2v) is 6.13. The van der Waals surface area contributed by atoms with Crippen molar-refractivity contribution in [1.29, 1.82) is 0 Å². The van der Waals surface area contributed by atoms with Crippen molar-refractivity contribution in [2.75, 3.05) is 13.1 Å². The molecule has 0 fully saturated rings. The van der Waals surface area contributed by atoms with Gasteiger partial charge in [-0.3, -0.25) is 4.79 Å². The summed E-state index contributed by atoms with van der Waals surface area (Å²) in [5.41, 5.74) is 6.72. The Kier molecular flexibility index (Phi) is 8.14. The predicted molar refractivity (Wildman–Crippen MR) is 94.6 cm³/mol. The number of halogens is 3. The van der Waals surface area contributed by atoms with Crippen molar-refractivity contribution in [3.8, 4) is 0 Å². The molecule has 2 rings (SSSR count). The average molecular weight is 381 g/mol. The van der Waals surface area contributed by atoms with E-state index in [9.17, 15) is 4.79 Å². The zero-order valence-corrected chi connectivity index (χ0v) is 14.8. The molecule has 0 unspecified atom stereocenters. The first kappa shape index (κ1) is 19.2. The Morgan fingerprint density at radius 2 is 1.95 bits per heavy atom. The van der Waals surface area contributed by atoms with E-state index in [2.05, 4.69) is 10.3 Å². The molecule has 1 aromatic heterocycles. The largest absolute Gasteiger partial charge is 0.350 e. The maximum Gasteiger partial charge on any atom is 0.270 e. The average Bonchev–Trinajstić information content (AvgIpc) is 2.91. The van der Waals surface area contributed by atoms with E-state index in [0.29, 0.717) is 41.7 Å². The number of nitrogens with two attached hydrogens (primary N) is 1. The first-order valence-electron chi connectivity index (χ1n) is 6.47. The molecule has 22 heavy (non-hydrogen) atoms. The highest BCUT2D eigenvalue weighted by molar-refractivity contribution is 7.09. The number of carbonyl (C=O) groups is 1. The summed E-state index contributed by atoms with van der Waals surface area (Å²) in [6, 6.07) is 5.36. The van der Waals surface area contributed by atoms with Gasteiger partial charge in [-0.1, -0.05) is 29.3 Å². The first-order valence-corrected chi connectivity index (χ1v) is 8.11. The van der Waals surface area contributed by atoms with Gasteiger partial charge in [0.2, 0.25) is 0 Å². The first-order chi connectivity index (χ1) is 10.1. The van der Waals surface area contributed by atoms with Gasteiger partial charge >= 0.3 is 0 Å². The summed E-state index contributed by atoms with van der Waals surface area (Å²) in [4.78, 5) is 16.2. The summed E-state index contributed by atoms with van der Waals surface area (Å²) in [7, 11) is 0. The zero-order chi connectivity index (χ0) is 15.2. The summed E-state index contributed by atoms with van der Waals surface area (Å²) in [5, 5.41) is 6.64. The third kappa shape index (κ3) is 5.11. The Morgan fingerprint density at radius 3 is 2.59 bits per heavy atom. The summed E-state index contributed by atoms with van der Waals surface area (Å²) < 4.78 is 0. The van der Waals surface area contributed by atoms with Crippen molar-refractivity contribution in [2.45, 2.75) is 12.8 Å². The quantitative estimate of drug-likeness (QED) is 0.807. The number of aromatic nitrogens is 1. The van der Waals surface area contributed by atoms with E-state index in [1.54, 1.807) is 23.6 Å². The molecule has 4 nitrogen and oxygen atoms in total. The van der Waals surface area contributed by atoms with Gasteiger partial charge < -0.3 is 11.1 Å². The zero-order valence-electron chi connectivity index (χ0n) is 11.6. The minimum Gasteiger partial charge on any atom is -0.350 e. The normalized spacial score (nSPS) is 10.1. The molecule has 3 N–H and O–H groups in total. The fourth-order valence-corrected chi connectivity index (χ4v) is 3.20. The van der Waals surface area contributed by atoms with Crippen LogP contribution in [0.15, 0.2) is 23.6 Å². The molecule has 120 valence electrons. The third-order valence-electron chi connectivity index (χ3n) is 2.86. The van der Waals surface area contributed by atoms with Crippen LogP contribution in [0.2, 0.25) is 10.0 Å². The van der Waals surface area contributed by atoms with Crippen LogP contribution in [0.1, 0.15) is 21.1 Å². The topological polar surface area (TPSA) is 68.0 Å². The number of amides is 1. The molecule has 2 aromatic rings. The second-order valence-electron chi connectivity index (χ2n) is 4.37. The molecule has 0 aliphatic heterocycles. The molecule has 8 heteroatoms. The standard InChI is InChI=1S/C14H15Cl2N3OS.ClH/c15-10-2-1-3-11(16)9(10)5-7-18-14(20)12-8-21-13(19-12)4-6-17;/h1-3,8H,4-7,17H2,(H,18,20);1H. The Balaban J connectivity index is 0.00000242. The van der Waals surface area contributed by atoms with E-state index < -0.39 is 0 Å². The fourth-order valence-electron chi connectivity index (χ4n) is 1.82. The molecular formula is C14H16Cl3N3OS. The maximum atomic E-state index is 12.0. The fraction of sp³-hybridized carbons (Fsp3) is 0.286. The number of nitrogens with one attached hydrogen (secondary N) is 1. The van der Waals surface area contributed by atoms with Gasteiger partial charge in [0.15, 0.2) is 0 Å². The van der Waals surface area contributed by atoms with Crippen LogP contribution >= 0.6 is 46.9 Å². The van der Waals surface area contributed by atoms with Crippen LogP contribution in [0.5, 0.6) is 0 Å². The Morgan fingerprint density at radius 1 is 1.27 bits per heavy atom. The van der Waals surface area contributed by atoms with E-state index in [4.69, 9.17) is 28.9 Å². The molecule has 0 radical (unpaired) electrons. The number of nitrogens with zero attached hydrogens (tertiary/aromatic N) is 1. The van der Waals surface area contributed by atoms with Gasteiger partial charge in [-0.25, -0.2) is 4.98 Å².